The van der Waals surface area contributed by atoms with Crippen molar-refractivity contribution >= 4 is 40.1 Å². The van der Waals surface area contributed by atoms with Crippen molar-refractivity contribution < 1.29 is 13.9 Å². The first-order valence-corrected chi connectivity index (χ1v) is 9.60. The summed E-state index contributed by atoms with van der Waals surface area (Å²) in [4.78, 5) is 24.0. The monoisotopic (exact) mass is 400 g/mol. The molecule has 0 saturated carbocycles. The second kappa shape index (κ2) is 7.67. The summed E-state index contributed by atoms with van der Waals surface area (Å²) in [7, 11) is 1.54. The Morgan fingerprint density at radius 3 is 2.75 bits per heavy atom. The van der Waals surface area contributed by atoms with Gasteiger partial charge in [-0.05, 0) is 44.4 Å². The third kappa shape index (κ3) is 3.38. The molecule has 1 N–H and O–H groups in total. The number of fused-ring (bicyclic) bond motifs is 1. The molecule has 0 unspecified atom stereocenters. The number of anilines is 2. The zero-order valence-corrected chi connectivity index (χ0v) is 16.5. The average molecular weight is 401 g/mol. The Balaban J connectivity index is 1.72. The summed E-state index contributed by atoms with van der Waals surface area (Å²) in [5.74, 6) is 1.52. The summed E-state index contributed by atoms with van der Waals surface area (Å²) in [6.07, 6.45) is 4.91. The summed E-state index contributed by atoms with van der Waals surface area (Å²) in [5, 5.41) is 3.96. The normalized spacial score (nSPS) is 14.3. The minimum absolute atomic E-state index is 0.287. The van der Waals surface area contributed by atoms with Gasteiger partial charge in [-0.1, -0.05) is 11.6 Å². The third-order valence-electron chi connectivity index (χ3n) is 4.94. The maximum Gasteiger partial charge on any atom is 0.260 e. The minimum atomic E-state index is -0.287. The van der Waals surface area contributed by atoms with Gasteiger partial charge in [-0.3, -0.25) is 4.79 Å². The molecule has 0 atom stereocenters. The summed E-state index contributed by atoms with van der Waals surface area (Å²) >= 11 is 6.17. The van der Waals surface area contributed by atoms with Crippen molar-refractivity contribution in [2.45, 2.75) is 26.2 Å². The lowest BCUT2D eigenvalue weighted by Crippen LogP contribution is -2.30. The van der Waals surface area contributed by atoms with Gasteiger partial charge in [-0.2, -0.15) is 0 Å². The molecule has 7 nitrogen and oxygen atoms in total. The molecule has 0 aliphatic carbocycles. The zero-order valence-electron chi connectivity index (χ0n) is 15.8. The van der Waals surface area contributed by atoms with Gasteiger partial charge in [0.25, 0.3) is 5.91 Å². The lowest BCUT2D eigenvalue weighted by Gasteiger charge is -2.28. The van der Waals surface area contributed by atoms with E-state index in [0.29, 0.717) is 38.9 Å². The van der Waals surface area contributed by atoms with Crippen molar-refractivity contribution in [1.29, 1.82) is 0 Å². The van der Waals surface area contributed by atoms with Gasteiger partial charge in [-0.15, -0.1) is 0 Å². The Morgan fingerprint density at radius 1 is 1.25 bits per heavy atom. The van der Waals surface area contributed by atoms with E-state index in [1.165, 1.54) is 12.7 Å². The first kappa shape index (κ1) is 18.6. The van der Waals surface area contributed by atoms with E-state index >= 15 is 0 Å². The Hall–Kier alpha value is -2.80. The highest BCUT2D eigenvalue weighted by Crippen LogP contribution is 2.33. The van der Waals surface area contributed by atoms with E-state index in [2.05, 4.69) is 20.2 Å². The smallest absolute Gasteiger partial charge is 0.260 e. The molecule has 1 fully saturated rings. The second-order valence-electron chi connectivity index (χ2n) is 6.76. The number of halogens is 1. The highest BCUT2D eigenvalue weighted by Gasteiger charge is 2.26. The van der Waals surface area contributed by atoms with Gasteiger partial charge in [0.2, 0.25) is 5.71 Å². The first-order valence-electron chi connectivity index (χ1n) is 9.22. The fraction of sp³-hybridized carbons (Fsp3) is 0.350. The van der Waals surface area contributed by atoms with Crippen molar-refractivity contribution in [2.75, 3.05) is 30.4 Å². The van der Waals surface area contributed by atoms with E-state index in [0.717, 1.165) is 31.7 Å². The van der Waals surface area contributed by atoms with Crippen LogP contribution in [0, 0.1) is 6.92 Å². The predicted molar refractivity (Wildman–Crippen MR) is 109 cm³/mol. The summed E-state index contributed by atoms with van der Waals surface area (Å²) < 4.78 is 10.9. The molecule has 3 aromatic rings. The van der Waals surface area contributed by atoms with Gasteiger partial charge in [0.15, 0.2) is 0 Å². The number of benzene rings is 1. The molecule has 1 saturated heterocycles. The molecule has 0 bridgehead atoms. The molecule has 146 valence electrons. The molecule has 2 aromatic heterocycles. The van der Waals surface area contributed by atoms with E-state index in [4.69, 9.17) is 20.8 Å². The van der Waals surface area contributed by atoms with Crippen molar-refractivity contribution in [1.82, 2.24) is 9.97 Å². The molecular weight excluding hydrogens is 380 g/mol. The van der Waals surface area contributed by atoms with Crippen LogP contribution in [0.5, 0.6) is 5.75 Å². The number of carbonyl (C=O) groups excluding carboxylic acids is 1. The first-order chi connectivity index (χ1) is 13.6. The summed E-state index contributed by atoms with van der Waals surface area (Å²) in [6.45, 7) is 3.58. The predicted octanol–water partition coefficient (Wildman–Crippen LogP) is 4.44. The molecule has 4 rings (SSSR count). The maximum atomic E-state index is 13.1. The Kier molecular flexibility index (Phi) is 5.09. The van der Waals surface area contributed by atoms with E-state index in [9.17, 15) is 4.79 Å². The number of carbonyl (C=O) groups is 1. The number of ether oxygens (including phenoxy) is 1. The van der Waals surface area contributed by atoms with Crippen LogP contribution in [0.15, 0.2) is 28.9 Å². The molecule has 1 aliphatic rings. The number of amides is 1. The van der Waals surface area contributed by atoms with Crippen LogP contribution in [0.4, 0.5) is 11.5 Å². The van der Waals surface area contributed by atoms with E-state index < -0.39 is 0 Å². The van der Waals surface area contributed by atoms with E-state index in [1.54, 1.807) is 32.2 Å². The van der Waals surface area contributed by atoms with Gasteiger partial charge in [-0.25, -0.2) is 9.97 Å². The fourth-order valence-electron chi connectivity index (χ4n) is 3.59. The topological polar surface area (TPSA) is 80.5 Å². The van der Waals surface area contributed by atoms with Gasteiger partial charge < -0.3 is 19.4 Å². The molecule has 1 aliphatic heterocycles. The standard InChI is InChI=1S/C20H21ClN4O3/c1-12-16(19(26)24-13-6-7-15(27-2)14(21)10-13)17-18(22-11-23-20(17)28-12)25-8-4-3-5-9-25/h6-7,10-11H,3-5,8-9H2,1-2H3,(H,24,26). The second-order valence-corrected chi connectivity index (χ2v) is 7.17. The Bertz CT molecular complexity index is 1030. The van der Waals surface area contributed by atoms with Gasteiger partial charge in [0.05, 0.1) is 23.1 Å². The van der Waals surface area contributed by atoms with Gasteiger partial charge in [0, 0.05) is 18.8 Å². The number of aryl methyl sites for hydroxylation is 1. The van der Waals surface area contributed by atoms with Crippen LogP contribution in [0.2, 0.25) is 5.02 Å². The van der Waals surface area contributed by atoms with Crippen molar-refractivity contribution in [2.24, 2.45) is 0 Å². The largest absolute Gasteiger partial charge is 0.495 e. The number of hydrogen-bond acceptors (Lipinski definition) is 6. The number of nitrogens with zero attached hydrogens (tertiary/aromatic N) is 3. The summed E-state index contributed by atoms with van der Waals surface area (Å²) in [5.41, 5.74) is 1.44. The lowest BCUT2D eigenvalue weighted by atomic mass is 10.1. The summed E-state index contributed by atoms with van der Waals surface area (Å²) in [6, 6.07) is 5.10. The van der Waals surface area contributed by atoms with E-state index in [-0.39, 0.29) is 5.91 Å². The number of furan rings is 1. The van der Waals surface area contributed by atoms with Crippen LogP contribution in [-0.4, -0.2) is 36.1 Å². The number of hydrogen-bond donors (Lipinski definition) is 1. The SMILES string of the molecule is COc1ccc(NC(=O)c2c(C)oc3ncnc(N4CCCCC4)c23)cc1Cl. The number of nitrogens with one attached hydrogen (secondary N) is 1. The van der Waals surface area contributed by atoms with Crippen molar-refractivity contribution in [3.05, 3.63) is 40.9 Å². The highest BCUT2D eigenvalue weighted by molar-refractivity contribution is 6.32. The molecule has 8 heteroatoms. The quantitative estimate of drug-likeness (QED) is 0.697. The average Bonchev–Trinajstić information content (AvgIpc) is 3.04. The van der Waals surface area contributed by atoms with Gasteiger partial charge in [0.1, 0.15) is 23.7 Å². The maximum absolute atomic E-state index is 13.1. The lowest BCUT2D eigenvalue weighted by molar-refractivity contribution is 0.102. The number of methoxy groups -OCH3 is 1. The molecule has 28 heavy (non-hydrogen) atoms. The molecule has 0 spiro atoms. The van der Waals surface area contributed by atoms with Crippen LogP contribution >= 0.6 is 11.6 Å². The Morgan fingerprint density at radius 2 is 2.04 bits per heavy atom. The number of rotatable bonds is 4. The van der Waals surface area contributed by atoms with Crippen LogP contribution in [0.3, 0.4) is 0 Å². The van der Waals surface area contributed by atoms with Crippen LogP contribution in [0.25, 0.3) is 11.1 Å². The van der Waals surface area contributed by atoms with E-state index in [1.807, 2.05) is 0 Å². The molecule has 0 radical (unpaired) electrons. The third-order valence-corrected chi connectivity index (χ3v) is 5.23. The van der Waals surface area contributed by atoms with Gasteiger partial charge >= 0.3 is 0 Å². The number of aromatic nitrogens is 2. The highest BCUT2D eigenvalue weighted by atomic mass is 35.5. The van der Waals surface area contributed by atoms with Crippen LogP contribution in [-0.2, 0) is 0 Å². The van der Waals surface area contributed by atoms with Crippen molar-refractivity contribution in [3.8, 4) is 5.75 Å². The number of piperidine rings is 1. The van der Waals surface area contributed by atoms with Crippen molar-refractivity contribution in [3.63, 3.8) is 0 Å². The fourth-order valence-corrected chi connectivity index (χ4v) is 3.84. The minimum Gasteiger partial charge on any atom is -0.495 e. The molecule has 1 amide bonds. The molecule has 1 aromatic carbocycles. The Labute approximate surface area is 167 Å². The van der Waals surface area contributed by atoms with Crippen LogP contribution < -0.4 is 15.0 Å². The molecular formula is C20H21ClN4O3. The van der Waals surface area contributed by atoms with Crippen LogP contribution in [0.1, 0.15) is 35.4 Å². The zero-order chi connectivity index (χ0) is 19.7. The molecule has 3 heterocycles.